The second-order valence-electron chi connectivity index (χ2n) is 17.0. The van der Waals surface area contributed by atoms with Gasteiger partial charge in [0.25, 0.3) is 0 Å². The summed E-state index contributed by atoms with van der Waals surface area (Å²) in [6, 6.07) is 31.4. The highest BCUT2D eigenvalue weighted by Crippen LogP contribution is 2.53. The zero-order valence-electron chi connectivity index (χ0n) is 41.3. The SMILES string of the molecule is C/N=c1/nc2[nH]c(nc3nc(nc4[nH]c(ncc5c(OC)c6ccccc6c(OC)c15)c1c(OC)c5ccccc5c(OC)c41)-c1c-3c(OC)c3ccccc3c1OC)c1c(OC)c3ccccc3c(OC)c21. The van der Waals surface area contributed by atoms with Crippen LogP contribution in [0.4, 0.5) is 0 Å². The molecule has 16 heteroatoms. The zero-order chi connectivity index (χ0) is 50.2. The van der Waals surface area contributed by atoms with E-state index in [1.165, 1.54) is 0 Å². The van der Waals surface area contributed by atoms with Crippen molar-refractivity contribution in [2.75, 3.05) is 63.9 Å². The summed E-state index contributed by atoms with van der Waals surface area (Å²) in [5, 5.41) is 9.62. The monoisotopic (exact) mass is 970 g/mol. The summed E-state index contributed by atoms with van der Waals surface area (Å²) in [5.74, 6) is 4.70. The molecule has 362 valence electrons. The average Bonchev–Trinajstić information content (AvgIpc) is 4.09. The first-order valence-corrected chi connectivity index (χ1v) is 23.2. The number of methoxy groups -OCH3 is 8. The maximum absolute atomic E-state index is 6.36. The molecule has 0 fully saturated rings. The third kappa shape index (κ3) is 6.39. The van der Waals surface area contributed by atoms with Crippen molar-refractivity contribution in [2.24, 2.45) is 4.99 Å². The van der Waals surface area contributed by atoms with Crippen LogP contribution in [-0.2, 0) is 0 Å². The number of fused-ring (bicyclic) bond motifs is 20. The van der Waals surface area contributed by atoms with Gasteiger partial charge in [-0.2, -0.15) is 0 Å². The van der Waals surface area contributed by atoms with E-state index in [2.05, 4.69) is 9.97 Å². The third-order valence-electron chi connectivity index (χ3n) is 13.6. The first kappa shape index (κ1) is 44.7. The van der Waals surface area contributed by atoms with Gasteiger partial charge in [0.05, 0.1) is 100 Å². The van der Waals surface area contributed by atoms with E-state index in [1.807, 2.05) is 97.1 Å². The molecular formula is C57H46N8O8. The molecule has 0 saturated heterocycles. The van der Waals surface area contributed by atoms with Gasteiger partial charge in [-0.1, -0.05) is 97.1 Å². The predicted molar refractivity (Wildman–Crippen MR) is 285 cm³/mol. The van der Waals surface area contributed by atoms with Crippen molar-refractivity contribution in [3.05, 3.63) is 109 Å². The van der Waals surface area contributed by atoms with Crippen LogP contribution in [-0.4, -0.2) is 98.8 Å². The first-order chi connectivity index (χ1) is 35.9. The minimum absolute atomic E-state index is 0.263. The van der Waals surface area contributed by atoms with Gasteiger partial charge in [-0.05, 0) is 0 Å². The van der Waals surface area contributed by atoms with E-state index < -0.39 is 0 Å². The fourth-order valence-electron chi connectivity index (χ4n) is 10.8. The number of rotatable bonds is 8. The van der Waals surface area contributed by atoms with Gasteiger partial charge in [0.15, 0.2) is 17.1 Å². The van der Waals surface area contributed by atoms with Gasteiger partial charge in [-0.25, -0.2) is 24.9 Å². The van der Waals surface area contributed by atoms with Crippen LogP contribution in [0.5, 0.6) is 46.0 Å². The van der Waals surface area contributed by atoms with E-state index in [1.54, 1.807) is 70.1 Å². The number of H-pyrrole nitrogens is 2. The largest absolute Gasteiger partial charge is 0.495 e. The molecule has 11 aromatic rings. The summed E-state index contributed by atoms with van der Waals surface area (Å²) in [7, 11) is 14.7. The van der Waals surface area contributed by atoms with Crippen LogP contribution in [0.1, 0.15) is 0 Å². The number of hydrogen-bond donors (Lipinski definition) is 2. The Bertz CT molecular complexity index is 4420. The van der Waals surface area contributed by atoms with Gasteiger partial charge >= 0.3 is 0 Å². The maximum Gasteiger partial charge on any atom is 0.168 e. The lowest BCUT2D eigenvalue weighted by atomic mass is 9.98. The molecule has 0 aliphatic carbocycles. The Labute approximate surface area is 415 Å². The van der Waals surface area contributed by atoms with Gasteiger partial charge in [0.1, 0.15) is 68.6 Å². The summed E-state index contributed by atoms with van der Waals surface area (Å²) >= 11 is 0. The van der Waals surface area contributed by atoms with Crippen LogP contribution in [0.2, 0.25) is 0 Å². The Morgan fingerprint density at radius 1 is 0.329 bits per heavy atom. The molecule has 8 aromatic carbocycles. The Morgan fingerprint density at radius 3 is 0.986 bits per heavy atom. The lowest BCUT2D eigenvalue weighted by Gasteiger charge is -2.15. The Hall–Kier alpha value is -9.44. The molecule has 2 N–H and O–H groups in total. The molecule has 4 heterocycles. The Balaban J connectivity index is 1.43. The quantitative estimate of drug-likeness (QED) is 0.147. The number of aromatic nitrogens is 7. The highest BCUT2D eigenvalue weighted by molar-refractivity contribution is 6.23. The molecule has 3 aromatic heterocycles. The molecule has 73 heavy (non-hydrogen) atoms. The molecule has 0 atom stereocenters. The number of benzene rings is 8. The standard InChI is InChI=1S/C57H46N8O8/c1-58-51-36-35(43(66-2)27-18-10-11-19-28(27)44(36)67-3)26-59-52-37-38(46(69-5)30-21-13-12-20-29(30)45(37)68-4)54(61-52)63-56-41-42(50(73-9)34-25-17-16-24-33(34)49(41)72-8)57(65-56)64-55-40-39(53(60-51)62-55)47(70-6)31-22-14-15-23-32(31)48(40)71-7/h10-26H,1-9H3,(H2,58,59,60,61,62,63,64,65). The summed E-state index contributed by atoms with van der Waals surface area (Å²) < 4.78 is 50.7. The van der Waals surface area contributed by atoms with Crippen LogP contribution in [0.3, 0.4) is 0 Å². The summed E-state index contributed by atoms with van der Waals surface area (Å²) in [6.45, 7) is 0. The highest BCUT2D eigenvalue weighted by Gasteiger charge is 2.32. The van der Waals surface area contributed by atoms with Crippen molar-refractivity contribution < 1.29 is 37.9 Å². The molecule has 12 rings (SSSR count). The van der Waals surface area contributed by atoms with E-state index >= 15 is 0 Å². The van der Waals surface area contributed by atoms with E-state index in [-0.39, 0.29) is 17.1 Å². The molecule has 0 radical (unpaired) electrons. The van der Waals surface area contributed by atoms with Crippen molar-refractivity contribution in [3.63, 3.8) is 0 Å². The second-order valence-corrected chi connectivity index (χ2v) is 17.0. The Morgan fingerprint density at radius 2 is 0.630 bits per heavy atom. The number of aromatic amines is 2. The van der Waals surface area contributed by atoms with E-state index in [9.17, 15) is 0 Å². The van der Waals surface area contributed by atoms with Crippen LogP contribution < -0.4 is 43.4 Å². The molecule has 0 amide bonds. The van der Waals surface area contributed by atoms with Crippen molar-refractivity contribution >= 4 is 98.0 Å². The normalized spacial score (nSPS) is 12.0. The van der Waals surface area contributed by atoms with E-state index in [4.69, 9.17) is 67.8 Å². The van der Waals surface area contributed by atoms with Crippen molar-refractivity contribution in [2.45, 2.75) is 0 Å². The highest BCUT2D eigenvalue weighted by atomic mass is 16.5. The zero-order valence-corrected chi connectivity index (χ0v) is 41.3. The van der Waals surface area contributed by atoms with E-state index in [0.29, 0.717) is 112 Å². The number of hydrogen-bond acceptors (Lipinski definition) is 14. The van der Waals surface area contributed by atoms with Crippen LogP contribution in [0, 0.1) is 0 Å². The third-order valence-corrected chi connectivity index (χ3v) is 13.6. The number of nitrogens with one attached hydrogen (secondary N) is 2. The summed E-state index contributed by atoms with van der Waals surface area (Å²) in [4.78, 5) is 39.0. The van der Waals surface area contributed by atoms with E-state index in [0.717, 1.165) is 43.1 Å². The molecule has 1 aliphatic rings. The smallest absolute Gasteiger partial charge is 0.168 e. The molecule has 16 nitrogen and oxygen atoms in total. The van der Waals surface area contributed by atoms with Crippen molar-refractivity contribution in [1.29, 1.82) is 0 Å². The lowest BCUT2D eigenvalue weighted by molar-refractivity contribution is 0.413. The van der Waals surface area contributed by atoms with Gasteiger partial charge in [-0.15, -0.1) is 0 Å². The molecule has 0 saturated carbocycles. The maximum atomic E-state index is 6.36. The molecule has 0 unspecified atom stereocenters. The molecule has 6 bridgehead atoms. The first-order valence-electron chi connectivity index (χ1n) is 23.2. The van der Waals surface area contributed by atoms with Crippen LogP contribution >= 0.6 is 0 Å². The minimum Gasteiger partial charge on any atom is -0.495 e. The summed E-state index contributed by atoms with van der Waals surface area (Å²) in [5.41, 5.74) is 2.83. The fraction of sp³-hybridized carbons (Fsp3) is 0.158. The van der Waals surface area contributed by atoms with Crippen LogP contribution in [0.15, 0.2) is 108 Å². The fourth-order valence-corrected chi connectivity index (χ4v) is 10.8. The second kappa shape index (κ2) is 17.4. The van der Waals surface area contributed by atoms with Crippen molar-refractivity contribution in [3.8, 4) is 68.8 Å². The lowest BCUT2D eigenvalue weighted by Crippen LogP contribution is -2.09. The number of ether oxygens (including phenoxy) is 8. The summed E-state index contributed by atoms with van der Waals surface area (Å²) in [6.07, 6.45) is 1.72. The number of nitrogens with zero attached hydrogens (tertiary/aromatic N) is 6. The van der Waals surface area contributed by atoms with Gasteiger partial charge in [0.2, 0.25) is 0 Å². The minimum atomic E-state index is 0.263. The molecule has 0 spiro atoms. The predicted octanol–water partition coefficient (Wildman–Crippen LogP) is 11.2. The molecule has 1 aliphatic heterocycles. The Kier molecular flexibility index (Phi) is 10.7. The van der Waals surface area contributed by atoms with Gasteiger partial charge in [-0.3, -0.25) is 4.99 Å². The van der Waals surface area contributed by atoms with Crippen molar-refractivity contribution in [1.82, 2.24) is 34.9 Å². The topological polar surface area (TPSA) is 182 Å². The van der Waals surface area contributed by atoms with Crippen LogP contribution in [0.25, 0.3) is 121 Å². The van der Waals surface area contributed by atoms with Gasteiger partial charge < -0.3 is 47.9 Å². The van der Waals surface area contributed by atoms with Gasteiger partial charge in [0, 0.05) is 56.3 Å². The average molecular weight is 971 g/mol. The molecular weight excluding hydrogens is 925 g/mol.